The van der Waals surface area contributed by atoms with Crippen molar-refractivity contribution in [1.29, 1.82) is 0 Å². The maximum absolute atomic E-state index is 11.3. The van der Waals surface area contributed by atoms with Gasteiger partial charge >= 0.3 is 5.97 Å². The molecule has 1 aliphatic carbocycles. The van der Waals surface area contributed by atoms with Crippen LogP contribution >= 0.6 is 34.8 Å². The summed E-state index contributed by atoms with van der Waals surface area (Å²) in [7, 11) is 0. The van der Waals surface area contributed by atoms with E-state index in [4.69, 9.17) is 34.8 Å². The van der Waals surface area contributed by atoms with E-state index in [0.717, 1.165) is 6.42 Å². The second-order valence-corrected chi connectivity index (χ2v) is 6.69. The van der Waals surface area contributed by atoms with Crippen LogP contribution < -0.4 is 5.01 Å². The Hall–Kier alpha value is -1.49. The third-order valence-corrected chi connectivity index (χ3v) is 4.75. The summed E-state index contributed by atoms with van der Waals surface area (Å²) in [6.45, 7) is 0. The monoisotopic (exact) mass is 370 g/mol. The van der Waals surface area contributed by atoms with E-state index < -0.39 is 5.97 Å². The van der Waals surface area contributed by atoms with Gasteiger partial charge in [-0.05, 0) is 30.7 Å². The molecule has 1 N–H and O–H groups in total. The number of carboxylic acid groups (broad SMARTS) is 1. The summed E-state index contributed by atoms with van der Waals surface area (Å²) in [5, 5.41) is 16.9. The summed E-state index contributed by atoms with van der Waals surface area (Å²) < 4.78 is 0. The van der Waals surface area contributed by atoms with Crippen molar-refractivity contribution in [2.45, 2.75) is 18.9 Å². The number of rotatable bonds is 3. The molecular weight excluding hydrogens is 359 g/mol. The highest BCUT2D eigenvalue weighted by Gasteiger charge is 2.36. The molecule has 0 bridgehead atoms. The fourth-order valence-electron chi connectivity index (χ4n) is 2.79. The van der Waals surface area contributed by atoms with Gasteiger partial charge in [0.1, 0.15) is 5.71 Å². The molecule has 1 heterocycles. The van der Waals surface area contributed by atoms with Crippen LogP contribution in [0.3, 0.4) is 0 Å². The number of hydrazone groups is 1. The quantitative estimate of drug-likeness (QED) is 0.837. The van der Waals surface area contributed by atoms with Crippen LogP contribution in [0.25, 0.3) is 0 Å². The topological polar surface area (TPSA) is 52.9 Å². The SMILES string of the molecule is O=C(O)C1=NN(c2ccc(Cl)cc2Cl)C(C2C=CC(Cl)=CC2)C1. The number of benzene rings is 1. The van der Waals surface area contributed by atoms with E-state index in [0.29, 0.717) is 27.2 Å². The highest BCUT2D eigenvalue weighted by atomic mass is 35.5. The van der Waals surface area contributed by atoms with E-state index in [1.54, 1.807) is 23.2 Å². The number of carboxylic acids is 1. The Balaban J connectivity index is 1.95. The Kier molecular flexibility index (Phi) is 4.67. The van der Waals surface area contributed by atoms with Gasteiger partial charge in [-0.1, -0.05) is 47.0 Å². The van der Waals surface area contributed by atoms with Crippen molar-refractivity contribution in [1.82, 2.24) is 0 Å². The predicted molar refractivity (Wildman–Crippen MR) is 93.6 cm³/mol. The Morgan fingerprint density at radius 1 is 1.30 bits per heavy atom. The predicted octanol–water partition coefficient (Wildman–Crippen LogP) is 4.71. The average molecular weight is 372 g/mol. The lowest BCUT2D eigenvalue weighted by Crippen LogP contribution is -2.34. The molecule has 0 spiro atoms. The summed E-state index contributed by atoms with van der Waals surface area (Å²) >= 11 is 18.2. The van der Waals surface area contributed by atoms with Crippen LogP contribution in [-0.2, 0) is 4.79 Å². The van der Waals surface area contributed by atoms with E-state index in [-0.39, 0.29) is 17.7 Å². The first-order valence-electron chi connectivity index (χ1n) is 7.04. The highest BCUT2D eigenvalue weighted by Crippen LogP contribution is 2.37. The van der Waals surface area contributed by atoms with Crippen LogP contribution in [0.1, 0.15) is 12.8 Å². The molecule has 23 heavy (non-hydrogen) atoms. The molecule has 1 aromatic rings. The van der Waals surface area contributed by atoms with Crippen LogP contribution in [0.4, 0.5) is 5.69 Å². The molecule has 0 radical (unpaired) electrons. The van der Waals surface area contributed by atoms with Crippen molar-refractivity contribution in [3.05, 3.63) is 51.5 Å². The first-order valence-corrected chi connectivity index (χ1v) is 8.18. The second kappa shape index (κ2) is 6.56. The molecule has 0 saturated carbocycles. The molecule has 1 aromatic carbocycles. The molecule has 0 fully saturated rings. The number of halogens is 3. The Morgan fingerprint density at radius 3 is 2.70 bits per heavy atom. The summed E-state index contributed by atoms with van der Waals surface area (Å²) in [5.74, 6) is -0.916. The van der Waals surface area contributed by atoms with Gasteiger partial charge in [0.25, 0.3) is 0 Å². The van der Waals surface area contributed by atoms with Crippen molar-refractivity contribution in [2.24, 2.45) is 11.0 Å². The third-order valence-electron chi connectivity index (χ3n) is 3.93. The highest BCUT2D eigenvalue weighted by molar-refractivity contribution is 6.38. The first kappa shape index (κ1) is 16.4. The van der Waals surface area contributed by atoms with Crippen molar-refractivity contribution < 1.29 is 9.90 Å². The van der Waals surface area contributed by atoms with E-state index in [1.807, 2.05) is 18.2 Å². The summed E-state index contributed by atoms with van der Waals surface area (Å²) in [6, 6.07) is 4.96. The molecule has 1 aliphatic heterocycles. The minimum Gasteiger partial charge on any atom is -0.477 e. The van der Waals surface area contributed by atoms with Crippen LogP contribution in [0.5, 0.6) is 0 Å². The average Bonchev–Trinajstić information content (AvgIpc) is 2.93. The third kappa shape index (κ3) is 3.39. The van der Waals surface area contributed by atoms with Gasteiger partial charge in [-0.2, -0.15) is 5.10 Å². The molecule has 3 rings (SSSR count). The van der Waals surface area contributed by atoms with Crippen LogP contribution in [-0.4, -0.2) is 22.8 Å². The van der Waals surface area contributed by atoms with E-state index in [9.17, 15) is 9.90 Å². The molecule has 120 valence electrons. The summed E-state index contributed by atoms with van der Waals surface area (Å²) in [4.78, 5) is 11.3. The van der Waals surface area contributed by atoms with Crippen molar-refractivity contribution in [2.75, 3.05) is 5.01 Å². The Labute approximate surface area is 148 Å². The van der Waals surface area contributed by atoms with Gasteiger partial charge in [-0.25, -0.2) is 4.79 Å². The second-order valence-electron chi connectivity index (χ2n) is 5.41. The molecule has 0 amide bonds. The van der Waals surface area contributed by atoms with Gasteiger partial charge in [0.15, 0.2) is 0 Å². The maximum Gasteiger partial charge on any atom is 0.352 e. The molecular formula is C16H13Cl3N2O2. The smallest absolute Gasteiger partial charge is 0.352 e. The minimum absolute atomic E-state index is 0.102. The van der Waals surface area contributed by atoms with Crippen LogP contribution in [0.15, 0.2) is 46.6 Å². The van der Waals surface area contributed by atoms with Crippen LogP contribution in [0, 0.1) is 5.92 Å². The standard InChI is InChI=1S/C16H13Cl3N2O2/c17-10-3-1-9(2-4-10)15-8-13(16(22)23)20-21(15)14-6-5-11(18)7-12(14)19/h1,3-7,9,15H,2,8H2,(H,22,23). The van der Waals surface area contributed by atoms with Gasteiger partial charge in [-0.3, -0.25) is 5.01 Å². The minimum atomic E-state index is -1.02. The van der Waals surface area contributed by atoms with E-state index >= 15 is 0 Å². The normalized spacial score (nSPS) is 23.7. The zero-order valence-electron chi connectivity index (χ0n) is 11.9. The van der Waals surface area contributed by atoms with Gasteiger partial charge in [0.2, 0.25) is 0 Å². The number of allylic oxidation sites excluding steroid dienone is 3. The molecule has 7 heteroatoms. The zero-order chi connectivity index (χ0) is 16.6. The summed E-state index contributed by atoms with van der Waals surface area (Å²) in [5.41, 5.74) is 0.765. The maximum atomic E-state index is 11.3. The fraction of sp³-hybridized carbons (Fsp3) is 0.250. The van der Waals surface area contributed by atoms with Crippen molar-refractivity contribution in [3.8, 4) is 0 Å². The number of nitrogens with zero attached hydrogens (tertiary/aromatic N) is 2. The molecule has 0 aromatic heterocycles. The van der Waals surface area contributed by atoms with Crippen molar-refractivity contribution >= 4 is 52.2 Å². The van der Waals surface area contributed by atoms with Gasteiger partial charge in [0.05, 0.1) is 16.8 Å². The zero-order valence-corrected chi connectivity index (χ0v) is 14.2. The number of carbonyl (C=O) groups is 1. The Bertz CT molecular complexity index is 743. The number of hydrogen-bond acceptors (Lipinski definition) is 3. The molecule has 0 saturated heterocycles. The molecule has 2 aliphatic rings. The lowest BCUT2D eigenvalue weighted by atomic mass is 9.89. The fourth-order valence-corrected chi connectivity index (χ4v) is 3.45. The van der Waals surface area contributed by atoms with E-state index in [2.05, 4.69) is 5.10 Å². The molecule has 2 unspecified atom stereocenters. The molecule has 2 atom stereocenters. The van der Waals surface area contributed by atoms with Gasteiger partial charge < -0.3 is 5.11 Å². The van der Waals surface area contributed by atoms with Gasteiger partial charge in [0, 0.05) is 22.4 Å². The first-order chi connectivity index (χ1) is 11.0. The van der Waals surface area contributed by atoms with E-state index in [1.165, 1.54) is 0 Å². The lowest BCUT2D eigenvalue weighted by molar-refractivity contribution is -0.129. The Morgan fingerprint density at radius 2 is 2.09 bits per heavy atom. The van der Waals surface area contributed by atoms with Crippen LogP contribution in [0.2, 0.25) is 10.0 Å². The van der Waals surface area contributed by atoms with Crippen molar-refractivity contribution in [3.63, 3.8) is 0 Å². The number of hydrogen-bond donors (Lipinski definition) is 1. The lowest BCUT2D eigenvalue weighted by Gasteiger charge is -2.30. The largest absolute Gasteiger partial charge is 0.477 e. The molecule has 4 nitrogen and oxygen atoms in total. The van der Waals surface area contributed by atoms with Gasteiger partial charge in [-0.15, -0.1) is 0 Å². The number of anilines is 1. The number of aliphatic carboxylic acids is 1. The summed E-state index contributed by atoms with van der Waals surface area (Å²) in [6.07, 6.45) is 6.81.